The molecule has 0 saturated heterocycles. The predicted molar refractivity (Wildman–Crippen MR) is 109 cm³/mol. The fourth-order valence-corrected chi connectivity index (χ4v) is 2.91. The Morgan fingerprint density at radius 2 is 1.93 bits per heavy atom. The summed E-state index contributed by atoms with van der Waals surface area (Å²) < 4.78 is 12.6. The van der Waals surface area contributed by atoms with Crippen LogP contribution >= 0.6 is 0 Å². The number of nitrogens with one attached hydrogen (secondary N) is 2. The number of rotatable bonds is 8. The summed E-state index contributed by atoms with van der Waals surface area (Å²) in [5.41, 5.74) is 1.95. The maximum absolute atomic E-state index is 5.34. The number of aliphatic imine (C=N–C) groups is 1. The van der Waals surface area contributed by atoms with E-state index in [1.165, 1.54) is 0 Å². The van der Waals surface area contributed by atoms with Gasteiger partial charge in [-0.05, 0) is 36.2 Å². The molecule has 0 radical (unpaired) electrons. The number of hydrogen-bond donors (Lipinski definition) is 2. The molecule has 0 atom stereocenters. The Kier molecular flexibility index (Phi) is 6.67. The van der Waals surface area contributed by atoms with Gasteiger partial charge in [-0.2, -0.15) is 0 Å². The number of hydrogen-bond acceptors (Lipinski definition) is 5. The van der Waals surface area contributed by atoms with Crippen molar-refractivity contribution in [2.45, 2.75) is 19.4 Å². The summed E-state index contributed by atoms with van der Waals surface area (Å²) in [6.07, 6.45) is 3.75. The lowest BCUT2D eigenvalue weighted by Crippen LogP contribution is -2.37. The van der Waals surface area contributed by atoms with Gasteiger partial charge in [0.1, 0.15) is 5.82 Å². The van der Waals surface area contributed by atoms with Crippen molar-refractivity contribution in [2.24, 2.45) is 4.99 Å². The lowest BCUT2D eigenvalue weighted by Gasteiger charge is -2.13. The number of guanidine groups is 1. The molecule has 0 spiro atoms. The topological polar surface area (TPSA) is 85.1 Å². The first kappa shape index (κ1) is 19.5. The maximum Gasteiger partial charge on any atom is 0.191 e. The van der Waals surface area contributed by atoms with Gasteiger partial charge in [0.15, 0.2) is 23.1 Å². The molecule has 2 aromatic heterocycles. The van der Waals surface area contributed by atoms with Crippen LogP contribution in [0, 0.1) is 0 Å². The highest BCUT2D eigenvalue weighted by Crippen LogP contribution is 2.27. The van der Waals surface area contributed by atoms with Gasteiger partial charge < -0.3 is 20.1 Å². The van der Waals surface area contributed by atoms with E-state index < -0.39 is 0 Å². The van der Waals surface area contributed by atoms with Crippen LogP contribution in [0.25, 0.3) is 5.65 Å². The van der Waals surface area contributed by atoms with Gasteiger partial charge in [-0.15, -0.1) is 10.2 Å². The molecule has 28 heavy (non-hydrogen) atoms. The number of fused-ring (bicyclic) bond motifs is 1. The van der Waals surface area contributed by atoms with Crippen LogP contribution < -0.4 is 20.1 Å². The highest BCUT2D eigenvalue weighted by molar-refractivity contribution is 5.79. The maximum atomic E-state index is 5.34. The van der Waals surface area contributed by atoms with Crippen LogP contribution in [-0.2, 0) is 13.0 Å². The normalized spacial score (nSPS) is 11.5. The van der Waals surface area contributed by atoms with Gasteiger partial charge in [-0.1, -0.05) is 12.1 Å². The zero-order valence-electron chi connectivity index (χ0n) is 16.5. The van der Waals surface area contributed by atoms with E-state index >= 15 is 0 Å². The zero-order valence-corrected chi connectivity index (χ0v) is 16.5. The average Bonchev–Trinajstić information content (AvgIpc) is 3.16. The largest absolute Gasteiger partial charge is 0.493 e. The Balaban J connectivity index is 1.46. The average molecular weight is 382 g/mol. The third-order valence-electron chi connectivity index (χ3n) is 4.39. The molecular formula is C20H26N6O2. The molecule has 3 rings (SSSR count). The molecule has 8 heteroatoms. The van der Waals surface area contributed by atoms with Gasteiger partial charge in [-0.25, -0.2) is 0 Å². The van der Waals surface area contributed by atoms with Gasteiger partial charge in [-0.3, -0.25) is 9.39 Å². The number of methoxy groups -OCH3 is 2. The van der Waals surface area contributed by atoms with Crippen molar-refractivity contribution in [3.8, 4) is 11.5 Å². The highest BCUT2D eigenvalue weighted by atomic mass is 16.5. The molecule has 0 aliphatic carbocycles. The molecule has 0 saturated carbocycles. The van der Waals surface area contributed by atoms with Crippen molar-refractivity contribution in [3.05, 3.63) is 54.0 Å². The van der Waals surface area contributed by atoms with Gasteiger partial charge in [0.25, 0.3) is 0 Å². The number of aromatic nitrogens is 3. The van der Waals surface area contributed by atoms with Crippen molar-refractivity contribution in [2.75, 3.05) is 27.8 Å². The van der Waals surface area contributed by atoms with E-state index in [-0.39, 0.29) is 0 Å². The fourth-order valence-electron chi connectivity index (χ4n) is 2.91. The number of aryl methyl sites for hydroxylation is 1. The first-order valence-corrected chi connectivity index (χ1v) is 9.19. The minimum absolute atomic E-state index is 0.634. The first-order valence-electron chi connectivity index (χ1n) is 9.19. The van der Waals surface area contributed by atoms with E-state index in [1.54, 1.807) is 21.3 Å². The monoisotopic (exact) mass is 382 g/mol. The molecule has 1 aromatic carbocycles. The lowest BCUT2D eigenvalue weighted by atomic mass is 10.2. The summed E-state index contributed by atoms with van der Waals surface area (Å²) in [5, 5.41) is 15.1. The Labute approximate surface area is 164 Å². The molecule has 0 bridgehead atoms. The molecule has 2 heterocycles. The third kappa shape index (κ3) is 4.70. The third-order valence-corrected chi connectivity index (χ3v) is 4.39. The Bertz CT molecular complexity index is 937. The Morgan fingerprint density at radius 1 is 1.07 bits per heavy atom. The van der Waals surface area contributed by atoms with Crippen LogP contribution in [-0.4, -0.2) is 48.4 Å². The van der Waals surface area contributed by atoms with E-state index in [2.05, 4.69) is 25.8 Å². The van der Waals surface area contributed by atoms with E-state index in [1.807, 2.05) is 47.0 Å². The van der Waals surface area contributed by atoms with E-state index in [0.29, 0.717) is 12.3 Å². The lowest BCUT2D eigenvalue weighted by molar-refractivity contribution is 0.354. The fraction of sp³-hybridized carbons (Fsp3) is 0.350. The quantitative estimate of drug-likeness (QED) is 0.352. The standard InChI is InChI=1S/C20H26N6O2/c1-21-20(23-14-15-9-10-16(27-2)17(13-15)28-3)22-11-6-8-19-25-24-18-7-4-5-12-26(18)19/h4-5,7,9-10,12-13H,6,8,11,14H2,1-3H3,(H2,21,22,23). The highest BCUT2D eigenvalue weighted by Gasteiger charge is 2.06. The number of pyridine rings is 1. The summed E-state index contributed by atoms with van der Waals surface area (Å²) in [4.78, 5) is 4.27. The number of ether oxygens (including phenoxy) is 2. The van der Waals surface area contributed by atoms with Crippen LogP contribution in [0.4, 0.5) is 0 Å². The molecule has 0 aliphatic heterocycles. The second kappa shape index (κ2) is 9.59. The van der Waals surface area contributed by atoms with Crippen LogP contribution in [0.15, 0.2) is 47.6 Å². The Morgan fingerprint density at radius 3 is 2.71 bits per heavy atom. The summed E-state index contributed by atoms with van der Waals surface area (Å²) in [6, 6.07) is 11.7. The molecule has 0 fully saturated rings. The van der Waals surface area contributed by atoms with Crippen LogP contribution in [0.1, 0.15) is 17.8 Å². The van der Waals surface area contributed by atoms with Crippen molar-refractivity contribution in [1.82, 2.24) is 25.2 Å². The van der Waals surface area contributed by atoms with Gasteiger partial charge in [0.2, 0.25) is 0 Å². The predicted octanol–water partition coefficient (Wildman–Crippen LogP) is 2.04. The Hall–Kier alpha value is -3.29. The summed E-state index contributed by atoms with van der Waals surface area (Å²) >= 11 is 0. The second-order valence-electron chi connectivity index (χ2n) is 6.19. The van der Waals surface area contributed by atoms with Gasteiger partial charge in [0.05, 0.1) is 14.2 Å². The van der Waals surface area contributed by atoms with Crippen LogP contribution in [0.3, 0.4) is 0 Å². The number of benzene rings is 1. The molecule has 0 aliphatic rings. The summed E-state index contributed by atoms with van der Waals surface area (Å²) in [5.74, 6) is 3.15. The smallest absolute Gasteiger partial charge is 0.191 e. The summed E-state index contributed by atoms with van der Waals surface area (Å²) in [6.45, 7) is 1.42. The molecule has 0 amide bonds. The minimum atomic E-state index is 0.634. The van der Waals surface area contributed by atoms with Crippen LogP contribution in [0.2, 0.25) is 0 Å². The summed E-state index contributed by atoms with van der Waals surface area (Å²) in [7, 11) is 5.02. The van der Waals surface area contributed by atoms with Crippen molar-refractivity contribution >= 4 is 11.6 Å². The van der Waals surface area contributed by atoms with Gasteiger partial charge in [0, 0.05) is 32.8 Å². The zero-order chi connectivity index (χ0) is 19.8. The van der Waals surface area contributed by atoms with E-state index in [4.69, 9.17) is 9.47 Å². The molecule has 3 aromatic rings. The molecule has 148 valence electrons. The van der Waals surface area contributed by atoms with E-state index in [9.17, 15) is 0 Å². The molecule has 2 N–H and O–H groups in total. The van der Waals surface area contributed by atoms with Crippen molar-refractivity contribution in [1.29, 1.82) is 0 Å². The second-order valence-corrected chi connectivity index (χ2v) is 6.19. The molecule has 8 nitrogen and oxygen atoms in total. The molecular weight excluding hydrogens is 356 g/mol. The number of nitrogens with zero attached hydrogens (tertiary/aromatic N) is 4. The SMILES string of the molecule is CN=C(NCCCc1nnc2ccccn12)NCc1ccc(OC)c(OC)c1. The minimum Gasteiger partial charge on any atom is -0.493 e. The van der Waals surface area contributed by atoms with Gasteiger partial charge >= 0.3 is 0 Å². The van der Waals surface area contributed by atoms with Crippen molar-refractivity contribution in [3.63, 3.8) is 0 Å². The van der Waals surface area contributed by atoms with E-state index in [0.717, 1.165) is 48.1 Å². The van der Waals surface area contributed by atoms with Crippen molar-refractivity contribution < 1.29 is 9.47 Å². The molecule has 0 unspecified atom stereocenters. The first-order chi connectivity index (χ1) is 13.7. The van der Waals surface area contributed by atoms with Crippen LogP contribution in [0.5, 0.6) is 11.5 Å².